The molecule has 6 nitrogen and oxygen atoms in total. The molecule has 100 valence electrons. The summed E-state index contributed by atoms with van der Waals surface area (Å²) in [5.74, 6) is 1.72. The van der Waals surface area contributed by atoms with E-state index in [2.05, 4.69) is 22.0 Å². The number of likely N-dealkylation sites (N-methyl/N-ethyl adjacent to an activating group) is 1. The molecule has 3 rings (SSSR count). The van der Waals surface area contributed by atoms with E-state index in [1.54, 1.807) is 0 Å². The van der Waals surface area contributed by atoms with E-state index >= 15 is 0 Å². The smallest absolute Gasteiger partial charge is 0.243 e. The largest absolute Gasteiger partial charge is 0.367 e. The molecule has 1 aromatic heterocycles. The van der Waals surface area contributed by atoms with Crippen LogP contribution in [0.4, 0.5) is 0 Å². The van der Waals surface area contributed by atoms with E-state index in [0.29, 0.717) is 17.6 Å². The average molecular weight is 252 g/mol. The van der Waals surface area contributed by atoms with Gasteiger partial charge in [0.1, 0.15) is 6.10 Å². The molecule has 2 heterocycles. The number of hydrogen-bond donors (Lipinski definition) is 1. The van der Waals surface area contributed by atoms with Crippen LogP contribution in [0.1, 0.15) is 43.6 Å². The molecule has 2 unspecified atom stereocenters. The van der Waals surface area contributed by atoms with Gasteiger partial charge in [0.2, 0.25) is 11.7 Å². The molecule has 0 spiro atoms. The van der Waals surface area contributed by atoms with Crippen LogP contribution in [-0.2, 0) is 4.74 Å². The SMILES string of the molecule is CCN1CCOC(c2noc(C(N)C3CC3)n2)C1. The number of nitrogens with two attached hydrogens (primary N) is 1. The number of nitrogens with zero attached hydrogens (tertiary/aromatic N) is 3. The van der Waals surface area contributed by atoms with Crippen LogP contribution >= 0.6 is 0 Å². The number of ether oxygens (including phenoxy) is 1. The number of hydrogen-bond acceptors (Lipinski definition) is 6. The lowest BCUT2D eigenvalue weighted by Crippen LogP contribution is -2.38. The molecule has 1 saturated heterocycles. The van der Waals surface area contributed by atoms with Crippen molar-refractivity contribution in [2.75, 3.05) is 26.2 Å². The van der Waals surface area contributed by atoms with Crippen LogP contribution < -0.4 is 5.73 Å². The number of aromatic nitrogens is 2. The van der Waals surface area contributed by atoms with Gasteiger partial charge < -0.3 is 15.0 Å². The molecule has 0 bridgehead atoms. The van der Waals surface area contributed by atoms with Crippen LogP contribution in [0.2, 0.25) is 0 Å². The first kappa shape index (κ1) is 12.1. The normalized spacial score (nSPS) is 27.3. The van der Waals surface area contributed by atoms with Crippen molar-refractivity contribution in [1.29, 1.82) is 0 Å². The van der Waals surface area contributed by atoms with Crippen LogP contribution in [0, 0.1) is 5.92 Å². The molecule has 2 atom stereocenters. The van der Waals surface area contributed by atoms with Gasteiger partial charge in [0.05, 0.1) is 12.6 Å². The van der Waals surface area contributed by atoms with Gasteiger partial charge in [-0.3, -0.25) is 4.90 Å². The summed E-state index contributed by atoms with van der Waals surface area (Å²) < 4.78 is 11.0. The number of rotatable bonds is 4. The fourth-order valence-electron chi connectivity index (χ4n) is 2.32. The Morgan fingerprint density at radius 3 is 3.06 bits per heavy atom. The Kier molecular flexibility index (Phi) is 3.32. The average Bonchev–Trinajstić information content (AvgIpc) is 3.15. The van der Waals surface area contributed by atoms with Crippen LogP contribution in [0.3, 0.4) is 0 Å². The van der Waals surface area contributed by atoms with Gasteiger partial charge in [-0.2, -0.15) is 4.98 Å². The summed E-state index contributed by atoms with van der Waals surface area (Å²) in [6, 6.07) is -0.0999. The van der Waals surface area contributed by atoms with Crippen molar-refractivity contribution < 1.29 is 9.26 Å². The second-order valence-corrected chi connectivity index (χ2v) is 5.11. The van der Waals surface area contributed by atoms with Crippen molar-refractivity contribution in [2.24, 2.45) is 11.7 Å². The highest BCUT2D eigenvalue weighted by Crippen LogP contribution is 2.39. The van der Waals surface area contributed by atoms with Gasteiger partial charge in [-0.15, -0.1) is 0 Å². The van der Waals surface area contributed by atoms with Crippen molar-refractivity contribution in [2.45, 2.75) is 31.9 Å². The Morgan fingerprint density at radius 1 is 1.50 bits per heavy atom. The molecule has 18 heavy (non-hydrogen) atoms. The predicted molar refractivity (Wildman–Crippen MR) is 64.8 cm³/mol. The van der Waals surface area contributed by atoms with E-state index in [1.165, 1.54) is 12.8 Å². The second kappa shape index (κ2) is 4.95. The van der Waals surface area contributed by atoms with Crippen molar-refractivity contribution in [3.63, 3.8) is 0 Å². The lowest BCUT2D eigenvalue weighted by atomic mass is 10.2. The Bertz CT molecular complexity index is 405. The van der Waals surface area contributed by atoms with Crippen molar-refractivity contribution >= 4 is 0 Å². The molecule has 0 amide bonds. The Labute approximate surface area is 106 Å². The van der Waals surface area contributed by atoms with Gasteiger partial charge in [0, 0.05) is 13.1 Å². The van der Waals surface area contributed by atoms with E-state index in [4.69, 9.17) is 15.0 Å². The summed E-state index contributed by atoms with van der Waals surface area (Å²) in [6.07, 6.45) is 2.26. The van der Waals surface area contributed by atoms with E-state index in [-0.39, 0.29) is 12.1 Å². The fraction of sp³-hybridized carbons (Fsp3) is 0.833. The minimum Gasteiger partial charge on any atom is -0.367 e. The van der Waals surface area contributed by atoms with Crippen molar-refractivity contribution in [1.82, 2.24) is 15.0 Å². The standard InChI is InChI=1S/C12H20N4O2/c1-2-16-5-6-17-9(7-16)11-14-12(18-15-11)10(13)8-3-4-8/h8-10H,2-7,13H2,1H3. The lowest BCUT2D eigenvalue weighted by molar-refractivity contribution is -0.0334. The maximum Gasteiger partial charge on any atom is 0.243 e. The summed E-state index contributed by atoms with van der Waals surface area (Å²) in [5, 5.41) is 4.02. The Morgan fingerprint density at radius 2 is 2.33 bits per heavy atom. The summed E-state index contributed by atoms with van der Waals surface area (Å²) in [5.41, 5.74) is 6.05. The second-order valence-electron chi connectivity index (χ2n) is 5.11. The molecular formula is C12H20N4O2. The van der Waals surface area contributed by atoms with Gasteiger partial charge in [0.25, 0.3) is 0 Å². The van der Waals surface area contributed by atoms with Gasteiger partial charge in [-0.05, 0) is 25.3 Å². The predicted octanol–water partition coefficient (Wildman–Crippen LogP) is 0.873. The van der Waals surface area contributed by atoms with Crippen LogP contribution in [-0.4, -0.2) is 41.3 Å². The van der Waals surface area contributed by atoms with Gasteiger partial charge in [-0.25, -0.2) is 0 Å². The van der Waals surface area contributed by atoms with Gasteiger partial charge >= 0.3 is 0 Å². The summed E-state index contributed by atoms with van der Waals surface area (Å²) in [4.78, 5) is 6.73. The summed E-state index contributed by atoms with van der Waals surface area (Å²) in [6.45, 7) is 5.68. The molecule has 1 aromatic rings. The molecule has 6 heteroatoms. The van der Waals surface area contributed by atoms with Crippen molar-refractivity contribution in [3.05, 3.63) is 11.7 Å². The Balaban J connectivity index is 1.68. The maximum atomic E-state index is 6.05. The minimum atomic E-state index is -0.0999. The molecule has 2 aliphatic rings. The summed E-state index contributed by atoms with van der Waals surface area (Å²) in [7, 11) is 0. The molecular weight excluding hydrogens is 232 g/mol. The molecule has 2 N–H and O–H groups in total. The third-order valence-electron chi connectivity index (χ3n) is 3.76. The van der Waals surface area contributed by atoms with E-state index in [1.807, 2.05) is 0 Å². The zero-order chi connectivity index (χ0) is 12.5. The molecule has 0 radical (unpaired) electrons. The molecule has 2 fully saturated rings. The van der Waals surface area contributed by atoms with Crippen LogP contribution in [0.15, 0.2) is 4.52 Å². The van der Waals surface area contributed by atoms with Gasteiger partial charge in [-0.1, -0.05) is 12.1 Å². The monoisotopic (exact) mass is 252 g/mol. The first-order valence-electron chi connectivity index (χ1n) is 6.71. The molecule has 1 aliphatic carbocycles. The highest BCUT2D eigenvalue weighted by atomic mass is 16.5. The lowest BCUT2D eigenvalue weighted by Gasteiger charge is -2.30. The zero-order valence-corrected chi connectivity index (χ0v) is 10.7. The van der Waals surface area contributed by atoms with Crippen LogP contribution in [0.5, 0.6) is 0 Å². The topological polar surface area (TPSA) is 77.4 Å². The quantitative estimate of drug-likeness (QED) is 0.857. The third kappa shape index (κ3) is 2.41. The van der Waals surface area contributed by atoms with E-state index < -0.39 is 0 Å². The van der Waals surface area contributed by atoms with Gasteiger partial charge in [0.15, 0.2) is 0 Å². The minimum absolute atomic E-state index is 0.0809. The first-order chi connectivity index (χ1) is 8.78. The maximum absolute atomic E-state index is 6.05. The van der Waals surface area contributed by atoms with E-state index in [0.717, 1.165) is 26.2 Å². The highest BCUT2D eigenvalue weighted by molar-refractivity contribution is 5.01. The van der Waals surface area contributed by atoms with Crippen molar-refractivity contribution in [3.8, 4) is 0 Å². The highest BCUT2D eigenvalue weighted by Gasteiger charge is 2.34. The fourth-order valence-corrected chi connectivity index (χ4v) is 2.32. The molecule has 1 aliphatic heterocycles. The third-order valence-corrected chi connectivity index (χ3v) is 3.76. The van der Waals surface area contributed by atoms with Crippen LogP contribution in [0.25, 0.3) is 0 Å². The molecule has 1 saturated carbocycles. The van der Waals surface area contributed by atoms with E-state index in [9.17, 15) is 0 Å². The Hall–Kier alpha value is -0.980. The molecule has 0 aromatic carbocycles. The summed E-state index contributed by atoms with van der Waals surface area (Å²) >= 11 is 0. The zero-order valence-electron chi connectivity index (χ0n) is 10.7. The first-order valence-corrected chi connectivity index (χ1v) is 6.71. The number of morpholine rings is 1.